The topological polar surface area (TPSA) is 91.1 Å². The first-order valence-corrected chi connectivity index (χ1v) is 15.6. The van der Waals surface area contributed by atoms with E-state index in [1.54, 1.807) is 28.8 Å². The number of nitrogens with one attached hydrogen (secondary N) is 1. The Morgan fingerprint density at radius 1 is 1.04 bits per heavy atom. The maximum atomic E-state index is 14.1. The summed E-state index contributed by atoms with van der Waals surface area (Å²) in [6.07, 6.45) is 0.901. The van der Waals surface area contributed by atoms with Crippen LogP contribution in [0.2, 0.25) is 0 Å². The lowest BCUT2D eigenvalue weighted by Gasteiger charge is -2.35. The lowest BCUT2D eigenvalue weighted by Crippen LogP contribution is -2.41. The minimum absolute atomic E-state index is 0.0732. The molecule has 0 aliphatic carbocycles. The molecule has 6 rings (SSSR count). The second-order valence-corrected chi connectivity index (χ2v) is 12.2. The molecule has 0 unspecified atom stereocenters. The van der Waals surface area contributed by atoms with Gasteiger partial charge in [0.05, 0.1) is 30.7 Å². The first-order chi connectivity index (χ1) is 22.5. The van der Waals surface area contributed by atoms with Gasteiger partial charge in [0.25, 0.3) is 11.7 Å². The van der Waals surface area contributed by atoms with Gasteiger partial charge >= 0.3 is 6.18 Å². The van der Waals surface area contributed by atoms with Crippen LogP contribution >= 0.6 is 0 Å². The number of halogens is 3. The van der Waals surface area contributed by atoms with Crippen LogP contribution in [0.15, 0.2) is 48.8 Å². The van der Waals surface area contributed by atoms with Crippen LogP contribution in [0, 0.1) is 18.8 Å². The second-order valence-electron chi connectivity index (χ2n) is 12.2. The van der Waals surface area contributed by atoms with Gasteiger partial charge in [-0.05, 0) is 88.3 Å². The summed E-state index contributed by atoms with van der Waals surface area (Å²) in [6.45, 7) is 6.32. The molecule has 0 radical (unpaired) electrons. The van der Waals surface area contributed by atoms with Crippen molar-refractivity contribution in [3.63, 3.8) is 0 Å². The van der Waals surface area contributed by atoms with E-state index < -0.39 is 17.6 Å². The zero-order valence-electron chi connectivity index (χ0n) is 26.6. The number of ether oxygens (including phenoxy) is 1. The minimum atomic E-state index is -4.56. The molecule has 0 bridgehead atoms. The van der Waals surface area contributed by atoms with E-state index in [2.05, 4.69) is 47.0 Å². The van der Waals surface area contributed by atoms with E-state index in [1.165, 1.54) is 12.1 Å². The molecular weight excluding hydrogens is 609 g/mol. The molecule has 2 aromatic carbocycles. The number of hydrogen-bond donors (Lipinski definition) is 1. The van der Waals surface area contributed by atoms with Crippen molar-refractivity contribution in [3.8, 4) is 11.8 Å². The van der Waals surface area contributed by atoms with Gasteiger partial charge in [-0.25, -0.2) is 4.98 Å². The summed E-state index contributed by atoms with van der Waals surface area (Å²) in [5.74, 6) is 6.38. The maximum Gasteiger partial charge on any atom is 0.416 e. The number of nitrogens with zero attached hydrogens (tertiary/aromatic N) is 7. The number of benzene rings is 2. The average Bonchev–Trinajstić information content (AvgIpc) is 3.47. The Labute approximate surface area is 271 Å². The number of hydrogen-bond acceptors (Lipinski definition) is 8. The standard InChI is InChI=1S/C34H37F3N8O2/c1-23-4-5-25(18-24(23)7-9-31-40-41-33-38-20-29(22-45(31)33)44-14-16-47-17-15-44)32(46)39-27-8-6-26(30(19-27)34(35,36)37)21-43-12-10-28(11-13-43)42(2)3/h4-6,8,18-20,22,28H,10-17,21H2,1-3H3,(H,39,46). The molecule has 2 aromatic heterocycles. The molecule has 0 atom stereocenters. The van der Waals surface area contributed by atoms with Gasteiger partial charge in [0, 0.05) is 48.7 Å². The third kappa shape index (κ3) is 7.56. The van der Waals surface area contributed by atoms with E-state index in [-0.39, 0.29) is 23.4 Å². The van der Waals surface area contributed by atoms with Gasteiger partial charge in [-0.2, -0.15) is 13.2 Å². The number of piperidine rings is 1. The average molecular weight is 647 g/mol. The molecule has 2 aliphatic heterocycles. The third-order valence-corrected chi connectivity index (χ3v) is 8.79. The Morgan fingerprint density at radius 3 is 2.53 bits per heavy atom. The highest BCUT2D eigenvalue weighted by Gasteiger charge is 2.34. The Balaban J connectivity index is 1.18. The smallest absolute Gasteiger partial charge is 0.378 e. The third-order valence-electron chi connectivity index (χ3n) is 8.79. The Bertz CT molecular complexity index is 1810. The highest BCUT2D eigenvalue weighted by Crippen LogP contribution is 2.35. The van der Waals surface area contributed by atoms with Gasteiger partial charge in [-0.1, -0.05) is 18.1 Å². The second kappa shape index (κ2) is 13.7. The van der Waals surface area contributed by atoms with Gasteiger partial charge in [0.1, 0.15) is 0 Å². The fourth-order valence-electron chi connectivity index (χ4n) is 5.96. The number of rotatable bonds is 6. The number of fused-ring (bicyclic) bond motifs is 1. The summed E-state index contributed by atoms with van der Waals surface area (Å²) in [6, 6.07) is 9.44. The van der Waals surface area contributed by atoms with Crippen molar-refractivity contribution in [1.82, 2.24) is 29.4 Å². The molecule has 1 amide bonds. The van der Waals surface area contributed by atoms with E-state index in [1.807, 2.05) is 27.2 Å². The maximum absolute atomic E-state index is 14.1. The summed E-state index contributed by atoms with van der Waals surface area (Å²) < 4.78 is 49.6. The Morgan fingerprint density at radius 2 is 1.81 bits per heavy atom. The fourth-order valence-corrected chi connectivity index (χ4v) is 5.96. The molecular formula is C34H37F3N8O2. The summed E-state index contributed by atoms with van der Waals surface area (Å²) in [7, 11) is 4.06. The van der Waals surface area contributed by atoms with Crippen LogP contribution in [0.5, 0.6) is 0 Å². The highest BCUT2D eigenvalue weighted by molar-refractivity contribution is 6.04. The van der Waals surface area contributed by atoms with E-state index in [9.17, 15) is 18.0 Å². The predicted octanol–water partition coefficient (Wildman–Crippen LogP) is 4.47. The summed E-state index contributed by atoms with van der Waals surface area (Å²) >= 11 is 0. The van der Waals surface area contributed by atoms with Gasteiger partial charge in [-0.15, -0.1) is 10.2 Å². The van der Waals surface area contributed by atoms with Crippen molar-refractivity contribution in [2.75, 3.05) is 63.7 Å². The normalized spacial score (nSPS) is 16.4. The predicted molar refractivity (Wildman–Crippen MR) is 172 cm³/mol. The molecule has 4 aromatic rings. The van der Waals surface area contributed by atoms with E-state index in [4.69, 9.17) is 4.74 Å². The molecule has 13 heteroatoms. The van der Waals surface area contributed by atoms with Crippen molar-refractivity contribution in [2.24, 2.45) is 0 Å². The largest absolute Gasteiger partial charge is 0.416 e. The monoisotopic (exact) mass is 646 g/mol. The molecule has 4 heterocycles. The molecule has 2 aliphatic rings. The summed E-state index contributed by atoms with van der Waals surface area (Å²) in [5.41, 5.74) is 2.11. The quantitative estimate of drug-likeness (QED) is 0.307. The molecule has 10 nitrogen and oxygen atoms in total. The number of alkyl halides is 3. The van der Waals surface area contributed by atoms with Crippen molar-refractivity contribution in [2.45, 2.75) is 38.5 Å². The van der Waals surface area contributed by atoms with Gasteiger partial charge in [0.2, 0.25) is 5.82 Å². The summed E-state index contributed by atoms with van der Waals surface area (Å²) in [4.78, 5) is 24.0. The molecule has 1 N–H and O–H groups in total. The van der Waals surface area contributed by atoms with Crippen LogP contribution in [-0.2, 0) is 17.5 Å². The van der Waals surface area contributed by atoms with Crippen molar-refractivity contribution >= 4 is 23.1 Å². The van der Waals surface area contributed by atoms with Crippen LogP contribution in [0.1, 0.15) is 51.3 Å². The van der Waals surface area contributed by atoms with Crippen LogP contribution in [-0.4, -0.2) is 94.8 Å². The van der Waals surface area contributed by atoms with Crippen LogP contribution in [0.25, 0.3) is 5.78 Å². The minimum Gasteiger partial charge on any atom is -0.378 e. The van der Waals surface area contributed by atoms with E-state index >= 15 is 0 Å². The zero-order valence-corrected chi connectivity index (χ0v) is 26.6. The van der Waals surface area contributed by atoms with Crippen molar-refractivity contribution in [3.05, 3.63) is 82.4 Å². The van der Waals surface area contributed by atoms with E-state index in [0.29, 0.717) is 36.4 Å². The number of anilines is 2. The molecule has 2 saturated heterocycles. The molecule has 246 valence electrons. The molecule has 2 fully saturated rings. The van der Waals surface area contributed by atoms with Gasteiger partial charge in [-0.3, -0.25) is 14.1 Å². The number of aromatic nitrogens is 4. The lowest BCUT2D eigenvalue weighted by atomic mass is 10.0. The number of carbonyl (C=O) groups excluding carboxylic acids is 1. The first kappa shape index (κ1) is 32.4. The number of morpholine rings is 1. The fraction of sp³-hybridized carbons (Fsp3) is 0.412. The number of carbonyl (C=O) groups is 1. The molecule has 47 heavy (non-hydrogen) atoms. The van der Waals surface area contributed by atoms with Crippen molar-refractivity contribution < 1.29 is 22.7 Å². The summed E-state index contributed by atoms with van der Waals surface area (Å²) in [5, 5.41) is 10.9. The SMILES string of the molecule is Cc1ccc(C(=O)Nc2ccc(CN3CCC(N(C)C)CC3)c(C(F)(F)F)c2)cc1C#Cc1nnc2ncc(N3CCOCC3)cn12. The van der Waals surface area contributed by atoms with Crippen LogP contribution < -0.4 is 10.2 Å². The van der Waals surface area contributed by atoms with Crippen molar-refractivity contribution in [1.29, 1.82) is 0 Å². The lowest BCUT2D eigenvalue weighted by molar-refractivity contribution is -0.138. The first-order valence-electron chi connectivity index (χ1n) is 15.6. The Kier molecular flexibility index (Phi) is 9.45. The molecule has 0 saturated carbocycles. The zero-order chi connectivity index (χ0) is 33.1. The van der Waals surface area contributed by atoms with Crippen LogP contribution in [0.4, 0.5) is 24.5 Å². The molecule has 0 spiro atoms. The number of likely N-dealkylation sites (tertiary alicyclic amines) is 1. The number of amides is 1. The van der Waals surface area contributed by atoms with Crippen LogP contribution in [0.3, 0.4) is 0 Å². The highest BCUT2D eigenvalue weighted by atomic mass is 19.4. The number of aryl methyl sites for hydroxylation is 1. The van der Waals surface area contributed by atoms with E-state index in [0.717, 1.165) is 56.3 Å². The van der Waals surface area contributed by atoms with Gasteiger partial charge < -0.3 is 19.9 Å². The Hall–Kier alpha value is -4.51. The van der Waals surface area contributed by atoms with Gasteiger partial charge in [0.15, 0.2) is 0 Å².